The molecule has 0 aliphatic heterocycles. The van der Waals surface area contributed by atoms with Gasteiger partial charge in [-0.2, -0.15) is 4.31 Å². The molecule has 0 radical (unpaired) electrons. The average Bonchev–Trinajstić information content (AvgIpc) is 3.57. The van der Waals surface area contributed by atoms with Gasteiger partial charge in [-0.15, -0.1) is 0 Å². The number of fused-ring (bicyclic) bond motifs is 1. The van der Waals surface area contributed by atoms with Gasteiger partial charge in [-0.3, -0.25) is 0 Å². The second-order valence-electron chi connectivity index (χ2n) is 7.45. The normalized spacial score (nSPS) is 15.4. The number of sulfonamides is 1. The van der Waals surface area contributed by atoms with Gasteiger partial charge in [-0.05, 0) is 36.1 Å². The highest BCUT2D eigenvalue weighted by atomic mass is 32.2. The molecule has 1 atom stereocenters. The molecular formula is C23H24FNO4S. The van der Waals surface area contributed by atoms with Crippen LogP contribution in [0.5, 0.6) is 11.5 Å². The van der Waals surface area contributed by atoms with Gasteiger partial charge >= 0.3 is 0 Å². The fourth-order valence-electron chi connectivity index (χ4n) is 3.95. The van der Waals surface area contributed by atoms with Crippen LogP contribution in [0.1, 0.15) is 31.4 Å². The topological polar surface area (TPSA) is 55.8 Å². The van der Waals surface area contributed by atoms with E-state index in [1.54, 1.807) is 0 Å². The largest absolute Gasteiger partial charge is 0.493 e. The van der Waals surface area contributed by atoms with Crippen molar-refractivity contribution in [3.63, 3.8) is 0 Å². The highest BCUT2D eigenvalue weighted by Gasteiger charge is 2.43. The van der Waals surface area contributed by atoms with Crippen LogP contribution in [0.25, 0.3) is 10.8 Å². The molecule has 158 valence electrons. The zero-order chi connectivity index (χ0) is 21.5. The Bertz CT molecular complexity index is 1190. The van der Waals surface area contributed by atoms with E-state index in [0.717, 1.165) is 35.2 Å². The van der Waals surface area contributed by atoms with Gasteiger partial charge in [-0.25, -0.2) is 12.8 Å². The molecule has 1 aliphatic carbocycles. The van der Waals surface area contributed by atoms with Gasteiger partial charge in [0.15, 0.2) is 11.5 Å². The Labute approximate surface area is 176 Å². The molecule has 7 heteroatoms. The Morgan fingerprint density at radius 1 is 1.00 bits per heavy atom. The van der Waals surface area contributed by atoms with Crippen LogP contribution in [-0.2, 0) is 10.0 Å². The van der Waals surface area contributed by atoms with Gasteiger partial charge in [0, 0.05) is 24.2 Å². The van der Waals surface area contributed by atoms with E-state index in [1.165, 1.54) is 24.6 Å². The molecule has 0 bridgehead atoms. The van der Waals surface area contributed by atoms with Gasteiger partial charge in [0.2, 0.25) is 10.0 Å². The maximum atomic E-state index is 14.9. The molecule has 5 nitrogen and oxygen atoms in total. The predicted molar refractivity (Wildman–Crippen MR) is 114 cm³/mol. The lowest BCUT2D eigenvalue weighted by Gasteiger charge is -2.30. The molecule has 1 saturated carbocycles. The minimum Gasteiger partial charge on any atom is -0.493 e. The summed E-state index contributed by atoms with van der Waals surface area (Å²) in [5.74, 6) is -0.538. The Morgan fingerprint density at radius 2 is 1.63 bits per heavy atom. The highest BCUT2D eigenvalue weighted by molar-refractivity contribution is 7.89. The third-order valence-electron chi connectivity index (χ3n) is 5.56. The summed E-state index contributed by atoms with van der Waals surface area (Å²) in [6.45, 7) is 1.86. The summed E-state index contributed by atoms with van der Waals surface area (Å²) in [6, 6.07) is 15.4. The van der Waals surface area contributed by atoms with E-state index in [9.17, 15) is 12.8 Å². The molecule has 1 aliphatic rings. The molecule has 0 N–H and O–H groups in total. The van der Waals surface area contributed by atoms with Crippen LogP contribution >= 0.6 is 0 Å². The first-order chi connectivity index (χ1) is 14.4. The minimum atomic E-state index is -4.12. The van der Waals surface area contributed by atoms with Crippen molar-refractivity contribution in [1.82, 2.24) is 4.31 Å². The van der Waals surface area contributed by atoms with Gasteiger partial charge in [0.25, 0.3) is 0 Å². The van der Waals surface area contributed by atoms with Crippen LogP contribution in [0.2, 0.25) is 0 Å². The van der Waals surface area contributed by atoms with E-state index < -0.39 is 26.8 Å². The number of methoxy groups -OCH3 is 2. The third kappa shape index (κ3) is 3.52. The van der Waals surface area contributed by atoms with Crippen molar-refractivity contribution in [3.05, 3.63) is 66.0 Å². The second-order valence-corrected chi connectivity index (χ2v) is 9.26. The lowest BCUT2D eigenvalue weighted by Crippen LogP contribution is -2.36. The number of halogens is 1. The van der Waals surface area contributed by atoms with Crippen molar-refractivity contribution in [3.8, 4) is 11.5 Å². The molecule has 0 spiro atoms. The summed E-state index contributed by atoms with van der Waals surface area (Å²) in [4.78, 5) is -0.404. The first-order valence-corrected chi connectivity index (χ1v) is 11.2. The number of rotatable bonds is 7. The Kier molecular flexibility index (Phi) is 5.42. The lowest BCUT2D eigenvalue weighted by atomic mass is 9.99. The van der Waals surface area contributed by atoms with Crippen LogP contribution < -0.4 is 9.47 Å². The molecule has 30 heavy (non-hydrogen) atoms. The molecular weight excluding hydrogens is 405 g/mol. The smallest absolute Gasteiger partial charge is 0.246 e. The summed E-state index contributed by atoms with van der Waals surface area (Å²) in [6.07, 6.45) is 1.51. The van der Waals surface area contributed by atoms with E-state index in [4.69, 9.17) is 9.47 Å². The molecule has 0 saturated heterocycles. The van der Waals surface area contributed by atoms with Crippen molar-refractivity contribution in [2.75, 3.05) is 14.2 Å². The summed E-state index contributed by atoms with van der Waals surface area (Å²) in [5.41, 5.74) is 0.893. The van der Waals surface area contributed by atoms with E-state index in [-0.39, 0.29) is 17.5 Å². The maximum absolute atomic E-state index is 14.9. The van der Waals surface area contributed by atoms with Gasteiger partial charge in [0.05, 0.1) is 14.2 Å². The maximum Gasteiger partial charge on any atom is 0.246 e. The molecule has 1 fully saturated rings. The zero-order valence-corrected chi connectivity index (χ0v) is 17.9. The van der Waals surface area contributed by atoms with Crippen molar-refractivity contribution in [2.45, 2.75) is 36.7 Å². The minimum absolute atomic E-state index is 0.147. The number of ether oxygens (including phenoxy) is 2. The molecule has 0 aromatic heterocycles. The number of benzene rings is 3. The molecule has 3 aromatic carbocycles. The average molecular weight is 430 g/mol. The summed E-state index contributed by atoms with van der Waals surface area (Å²) < 4.78 is 53.9. The van der Waals surface area contributed by atoms with Gasteiger partial charge in [-0.1, -0.05) is 42.5 Å². The van der Waals surface area contributed by atoms with Crippen LogP contribution in [0.4, 0.5) is 4.39 Å². The SMILES string of the molecule is COc1cc(F)c(S(=O)(=O)N(C2CC2)[C@@H](C)c2cccc3ccccc23)cc1OC. The number of hydrogen-bond donors (Lipinski definition) is 0. The first kappa shape index (κ1) is 20.6. The van der Waals surface area contributed by atoms with Gasteiger partial charge < -0.3 is 9.47 Å². The summed E-state index contributed by atoms with van der Waals surface area (Å²) in [5, 5.41) is 2.02. The van der Waals surface area contributed by atoms with E-state index >= 15 is 0 Å². The van der Waals surface area contributed by atoms with Gasteiger partial charge in [0.1, 0.15) is 10.7 Å². The van der Waals surface area contributed by atoms with Crippen molar-refractivity contribution < 1.29 is 22.3 Å². The van der Waals surface area contributed by atoms with Crippen molar-refractivity contribution in [1.29, 1.82) is 0 Å². The fraction of sp³-hybridized carbons (Fsp3) is 0.304. The van der Waals surface area contributed by atoms with Crippen LogP contribution in [0, 0.1) is 5.82 Å². The zero-order valence-electron chi connectivity index (χ0n) is 17.1. The van der Waals surface area contributed by atoms with Crippen molar-refractivity contribution >= 4 is 20.8 Å². The standard InChI is InChI=1S/C23H24FNO4S/c1-15(18-10-6-8-16-7-4-5-9-19(16)18)25(17-11-12-17)30(26,27)23-14-22(29-3)21(28-2)13-20(23)24/h4-10,13-15,17H,11-12H2,1-3H3/t15-/m0/s1. The molecule has 0 heterocycles. The van der Waals surface area contributed by atoms with Crippen LogP contribution in [0.15, 0.2) is 59.5 Å². The van der Waals surface area contributed by atoms with Crippen LogP contribution in [-0.4, -0.2) is 33.0 Å². The summed E-state index contributed by atoms with van der Waals surface area (Å²) >= 11 is 0. The Hall–Kier alpha value is -2.64. The second kappa shape index (κ2) is 7.89. The predicted octanol–water partition coefficient (Wildman–Crippen LogP) is 4.91. The molecule has 3 aromatic rings. The lowest BCUT2D eigenvalue weighted by molar-refractivity contribution is 0.331. The number of nitrogens with zero attached hydrogens (tertiary/aromatic N) is 1. The summed E-state index contributed by atoms with van der Waals surface area (Å²) in [7, 11) is -1.35. The highest BCUT2D eigenvalue weighted by Crippen LogP contribution is 2.42. The van der Waals surface area contributed by atoms with E-state index in [0.29, 0.717) is 0 Å². The molecule has 0 amide bonds. The molecule has 0 unspecified atom stereocenters. The van der Waals surface area contributed by atoms with E-state index in [2.05, 4.69) is 0 Å². The fourth-order valence-corrected chi connectivity index (χ4v) is 5.87. The quantitative estimate of drug-likeness (QED) is 0.536. The monoisotopic (exact) mass is 429 g/mol. The van der Waals surface area contributed by atoms with Crippen LogP contribution in [0.3, 0.4) is 0 Å². The third-order valence-corrected chi connectivity index (χ3v) is 7.59. The Balaban J connectivity index is 1.83. The number of hydrogen-bond acceptors (Lipinski definition) is 4. The first-order valence-electron chi connectivity index (χ1n) is 9.81. The van der Waals surface area contributed by atoms with Crippen molar-refractivity contribution in [2.24, 2.45) is 0 Å². The van der Waals surface area contributed by atoms with E-state index in [1.807, 2.05) is 49.4 Å². The Morgan fingerprint density at radius 3 is 2.30 bits per heavy atom. The molecule has 4 rings (SSSR count).